The number of nitrogens with one attached hydrogen (secondary N) is 1. The molecule has 0 fully saturated rings. The maximum absolute atomic E-state index is 12.1. The van der Waals surface area contributed by atoms with Crippen LogP contribution in [0.15, 0.2) is 29.2 Å². The van der Waals surface area contributed by atoms with Gasteiger partial charge in [0.1, 0.15) is 0 Å². The van der Waals surface area contributed by atoms with Crippen molar-refractivity contribution in [2.75, 3.05) is 19.5 Å². The van der Waals surface area contributed by atoms with E-state index in [4.69, 9.17) is 4.74 Å². The topological polar surface area (TPSA) is 55.4 Å². The van der Waals surface area contributed by atoms with Gasteiger partial charge < -0.3 is 10.1 Å². The highest BCUT2D eigenvalue weighted by atomic mass is 32.2. The molecule has 0 bridgehead atoms. The van der Waals surface area contributed by atoms with E-state index in [1.54, 1.807) is 19.2 Å². The zero-order valence-electron chi connectivity index (χ0n) is 12.3. The molecule has 0 amide bonds. The molecule has 0 aliphatic carbocycles. The van der Waals surface area contributed by atoms with Crippen LogP contribution in [0.1, 0.15) is 31.9 Å². The predicted octanol–water partition coefficient (Wildman–Crippen LogP) is 2.17. The van der Waals surface area contributed by atoms with E-state index < -0.39 is 9.84 Å². The SMILES string of the molecule is COCC(NC1CCS(=O)(=O)c2ccccc21)C(C)C. The molecule has 0 radical (unpaired) electrons. The summed E-state index contributed by atoms with van der Waals surface area (Å²) in [6.45, 7) is 4.91. The molecule has 5 heteroatoms. The van der Waals surface area contributed by atoms with Crippen LogP contribution < -0.4 is 5.32 Å². The maximum Gasteiger partial charge on any atom is 0.178 e. The van der Waals surface area contributed by atoms with E-state index in [9.17, 15) is 8.42 Å². The van der Waals surface area contributed by atoms with Crippen LogP contribution in [0, 0.1) is 5.92 Å². The molecule has 0 saturated carbocycles. The predicted molar refractivity (Wildman–Crippen MR) is 79.5 cm³/mol. The molecule has 1 heterocycles. The van der Waals surface area contributed by atoms with Crippen LogP contribution in [0.3, 0.4) is 0 Å². The summed E-state index contributed by atoms with van der Waals surface area (Å²) >= 11 is 0. The summed E-state index contributed by atoms with van der Waals surface area (Å²) in [5.41, 5.74) is 0.889. The van der Waals surface area contributed by atoms with Gasteiger partial charge in [-0.2, -0.15) is 0 Å². The van der Waals surface area contributed by atoms with Crippen LogP contribution in [0.25, 0.3) is 0 Å². The number of ether oxygens (including phenoxy) is 1. The molecule has 1 N–H and O–H groups in total. The number of hydrogen-bond donors (Lipinski definition) is 1. The van der Waals surface area contributed by atoms with Gasteiger partial charge >= 0.3 is 0 Å². The average molecular weight is 297 g/mol. The molecule has 0 saturated heterocycles. The first-order chi connectivity index (χ1) is 9.45. The van der Waals surface area contributed by atoms with Crippen LogP contribution in [-0.4, -0.2) is 33.9 Å². The Bertz CT molecular complexity index is 554. The fourth-order valence-corrected chi connectivity index (χ4v) is 4.26. The lowest BCUT2D eigenvalue weighted by molar-refractivity contribution is 0.139. The van der Waals surface area contributed by atoms with Gasteiger partial charge in [0.2, 0.25) is 0 Å². The van der Waals surface area contributed by atoms with Crippen molar-refractivity contribution >= 4 is 9.84 Å². The Hall–Kier alpha value is -0.910. The third-order valence-electron chi connectivity index (χ3n) is 3.87. The van der Waals surface area contributed by atoms with E-state index in [0.29, 0.717) is 23.8 Å². The Morgan fingerprint density at radius 3 is 2.70 bits per heavy atom. The lowest BCUT2D eigenvalue weighted by Crippen LogP contribution is -2.42. The van der Waals surface area contributed by atoms with Gasteiger partial charge in [0.15, 0.2) is 9.84 Å². The standard InChI is InChI=1S/C15H23NO3S/c1-11(2)14(10-19-3)16-13-8-9-20(17,18)15-7-5-4-6-12(13)15/h4-7,11,13-14,16H,8-10H2,1-3H3. The van der Waals surface area contributed by atoms with E-state index in [2.05, 4.69) is 19.2 Å². The van der Waals surface area contributed by atoms with Crippen LogP contribution in [0.4, 0.5) is 0 Å². The third-order valence-corrected chi connectivity index (χ3v) is 5.69. The van der Waals surface area contributed by atoms with E-state index in [-0.39, 0.29) is 17.8 Å². The average Bonchev–Trinajstić information content (AvgIpc) is 2.41. The highest BCUT2D eigenvalue weighted by Crippen LogP contribution is 2.32. The zero-order chi connectivity index (χ0) is 14.8. The van der Waals surface area contributed by atoms with Crippen molar-refractivity contribution in [3.63, 3.8) is 0 Å². The fraction of sp³-hybridized carbons (Fsp3) is 0.600. The third kappa shape index (κ3) is 3.22. The Kier molecular flexibility index (Phi) is 4.83. The Morgan fingerprint density at radius 2 is 2.05 bits per heavy atom. The van der Waals surface area contributed by atoms with E-state index in [1.807, 2.05) is 12.1 Å². The van der Waals surface area contributed by atoms with Gasteiger partial charge in [0.05, 0.1) is 17.3 Å². The van der Waals surface area contributed by atoms with Crippen LogP contribution >= 0.6 is 0 Å². The molecule has 112 valence electrons. The van der Waals surface area contributed by atoms with E-state index in [0.717, 1.165) is 5.56 Å². The molecule has 0 aromatic heterocycles. The van der Waals surface area contributed by atoms with Gasteiger partial charge in [-0.05, 0) is 24.0 Å². The van der Waals surface area contributed by atoms with E-state index >= 15 is 0 Å². The van der Waals surface area contributed by atoms with Crippen molar-refractivity contribution in [2.24, 2.45) is 5.92 Å². The highest BCUT2D eigenvalue weighted by Gasteiger charge is 2.31. The van der Waals surface area contributed by atoms with E-state index in [1.165, 1.54) is 0 Å². The number of methoxy groups -OCH3 is 1. The maximum atomic E-state index is 12.1. The summed E-state index contributed by atoms with van der Waals surface area (Å²) in [6.07, 6.45) is 0.617. The number of rotatable bonds is 5. The second-order valence-corrected chi connectivity index (χ2v) is 7.75. The first kappa shape index (κ1) is 15.5. The smallest absolute Gasteiger partial charge is 0.178 e. The molecule has 2 unspecified atom stereocenters. The second kappa shape index (κ2) is 6.24. The monoisotopic (exact) mass is 297 g/mol. The van der Waals surface area contributed by atoms with Crippen molar-refractivity contribution in [1.82, 2.24) is 5.32 Å². The first-order valence-corrected chi connectivity index (χ1v) is 8.67. The molecule has 2 atom stereocenters. The minimum atomic E-state index is -3.11. The normalized spacial score (nSPS) is 22.5. The van der Waals surface area contributed by atoms with Crippen LogP contribution in [0.2, 0.25) is 0 Å². The van der Waals surface area contributed by atoms with Gasteiger partial charge in [-0.15, -0.1) is 0 Å². The van der Waals surface area contributed by atoms with Gasteiger partial charge in [-0.1, -0.05) is 32.0 Å². The molecular formula is C15H23NO3S. The summed E-state index contributed by atoms with van der Waals surface area (Å²) < 4.78 is 29.5. The lowest BCUT2D eigenvalue weighted by Gasteiger charge is -2.31. The summed E-state index contributed by atoms with van der Waals surface area (Å²) in [5, 5.41) is 3.56. The number of fused-ring (bicyclic) bond motifs is 1. The molecule has 4 nitrogen and oxygen atoms in total. The Balaban J connectivity index is 2.26. The minimum absolute atomic E-state index is 0.0808. The van der Waals surface area contributed by atoms with Gasteiger partial charge in [0, 0.05) is 19.2 Å². The molecule has 1 aliphatic rings. The van der Waals surface area contributed by atoms with Gasteiger partial charge in [0.25, 0.3) is 0 Å². The largest absolute Gasteiger partial charge is 0.383 e. The van der Waals surface area contributed by atoms with Crippen molar-refractivity contribution in [2.45, 2.75) is 37.2 Å². The molecule has 20 heavy (non-hydrogen) atoms. The van der Waals surface area contributed by atoms with Crippen molar-refractivity contribution in [3.05, 3.63) is 29.8 Å². The summed E-state index contributed by atoms with van der Waals surface area (Å²) in [4.78, 5) is 0.476. The zero-order valence-corrected chi connectivity index (χ0v) is 13.1. The van der Waals surface area contributed by atoms with Crippen molar-refractivity contribution in [3.8, 4) is 0 Å². The van der Waals surface area contributed by atoms with Crippen molar-refractivity contribution in [1.29, 1.82) is 0 Å². The number of benzene rings is 1. The second-order valence-electron chi connectivity index (χ2n) is 5.67. The van der Waals surface area contributed by atoms with Crippen molar-refractivity contribution < 1.29 is 13.2 Å². The Labute approximate surface area is 121 Å². The minimum Gasteiger partial charge on any atom is -0.383 e. The van der Waals surface area contributed by atoms with Gasteiger partial charge in [-0.3, -0.25) is 0 Å². The molecule has 1 aliphatic heterocycles. The molecular weight excluding hydrogens is 274 g/mol. The number of sulfone groups is 1. The fourth-order valence-electron chi connectivity index (χ4n) is 2.63. The summed E-state index contributed by atoms with van der Waals surface area (Å²) in [6, 6.07) is 7.60. The quantitative estimate of drug-likeness (QED) is 0.905. The van der Waals surface area contributed by atoms with Crippen LogP contribution in [0.5, 0.6) is 0 Å². The number of hydrogen-bond acceptors (Lipinski definition) is 4. The molecule has 1 aromatic rings. The lowest BCUT2D eigenvalue weighted by atomic mass is 9.99. The molecule has 0 spiro atoms. The first-order valence-electron chi connectivity index (χ1n) is 7.02. The Morgan fingerprint density at radius 1 is 1.35 bits per heavy atom. The van der Waals surface area contributed by atoms with Crippen LogP contribution in [-0.2, 0) is 14.6 Å². The molecule has 2 rings (SSSR count). The highest BCUT2D eigenvalue weighted by molar-refractivity contribution is 7.91. The molecule has 1 aromatic carbocycles. The van der Waals surface area contributed by atoms with Gasteiger partial charge in [-0.25, -0.2) is 8.42 Å². The summed E-state index contributed by atoms with van der Waals surface area (Å²) in [7, 11) is -1.42. The summed E-state index contributed by atoms with van der Waals surface area (Å²) in [5.74, 6) is 0.639.